The highest BCUT2D eigenvalue weighted by Crippen LogP contribution is 2.27. The van der Waals surface area contributed by atoms with Crippen molar-refractivity contribution in [1.29, 1.82) is 0 Å². The molecule has 72 valence electrons. The predicted molar refractivity (Wildman–Crippen MR) is 52.8 cm³/mol. The van der Waals surface area contributed by atoms with Gasteiger partial charge in [-0.05, 0) is 17.6 Å². The second kappa shape index (κ2) is 4.50. The zero-order chi connectivity index (χ0) is 8.93. The highest BCUT2D eigenvalue weighted by molar-refractivity contribution is 7.09. The molecule has 0 radical (unpaired) electrons. The van der Waals surface area contributed by atoms with Crippen molar-refractivity contribution in [2.75, 3.05) is 11.9 Å². The molecule has 0 saturated heterocycles. The molecular weight excluding hydrogens is 184 g/mol. The molecule has 1 fully saturated rings. The fourth-order valence-corrected chi connectivity index (χ4v) is 2.27. The molecule has 0 unspecified atom stereocenters. The smallest absolute Gasteiger partial charge is 0.225 e. The minimum atomic E-state index is 0.845. The summed E-state index contributed by atoms with van der Waals surface area (Å²) in [5, 5.41) is 11.4. The molecule has 0 aromatic carbocycles. The van der Waals surface area contributed by atoms with E-state index in [0.29, 0.717) is 0 Å². The average Bonchev–Trinajstić information content (AvgIpc) is 2.75. The van der Waals surface area contributed by atoms with Crippen LogP contribution in [0.4, 0.5) is 5.13 Å². The van der Waals surface area contributed by atoms with Crippen molar-refractivity contribution in [2.24, 2.45) is 5.92 Å². The van der Waals surface area contributed by atoms with Gasteiger partial charge in [0.2, 0.25) is 5.13 Å². The van der Waals surface area contributed by atoms with E-state index < -0.39 is 0 Å². The monoisotopic (exact) mass is 198 g/mol. The highest BCUT2D eigenvalue weighted by Gasteiger charge is 2.14. The van der Waals surface area contributed by atoms with Gasteiger partial charge in [0.05, 0.1) is 0 Å². The van der Waals surface area contributed by atoms with Crippen molar-refractivity contribution in [1.82, 2.24) is 14.8 Å². The summed E-state index contributed by atoms with van der Waals surface area (Å²) in [6.07, 6.45) is 6.93. The molecule has 1 heterocycles. The minimum absolute atomic E-state index is 0.845. The van der Waals surface area contributed by atoms with E-state index in [9.17, 15) is 0 Å². The van der Waals surface area contributed by atoms with Gasteiger partial charge in [0.15, 0.2) is 0 Å². The lowest BCUT2D eigenvalue weighted by Crippen LogP contribution is -2.06. The Morgan fingerprint density at radius 2 is 2.23 bits per heavy atom. The molecule has 1 aromatic heterocycles. The van der Waals surface area contributed by atoms with Crippen molar-refractivity contribution in [3.8, 4) is 0 Å². The average molecular weight is 198 g/mol. The lowest BCUT2D eigenvalue weighted by molar-refractivity contribution is 0.518. The predicted octanol–water partition coefficient (Wildman–Crippen LogP) is 1.93. The summed E-state index contributed by atoms with van der Waals surface area (Å²) in [6.45, 7) is 1.02. The van der Waals surface area contributed by atoms with E-state index in [0.717, 1.165) is 17.6 Å². The zero-order valence-electron chi connectivity index (χ0n) is 7.57. The lowest BCUT2D eigenvalue weighted by atomic mass is 10.0. The van der Waals surface area contributed by atoms with E-state index in [1.807, 2.05) is 0 Å². The minimum Gasteiger partial charge on any atom is -0.359 e. The molecule has 1 saturated carbocycles. The Kier molecular flexibility index (Phi) is 3.07. The van der Waals surface area contributed by atoms with Crippen LogP contribution in [0.2, 0.25) is 0 Å². The molecular formula is C8H14N4S. The number of nitrogens with zero attached hydrogens (tertiary/aromatic N) is 3. The SMILES string of the molecule is C1CCC(CCNc2nnns2)C1. The molecule has 0 atom stereocenters. The van der Waals surface area contributed by atoms with Gasteiger partial charge in [0.1, 0.15) is 0 Å². The highest BCUT2D eigenvalue weighted by atomic mass is 32.1. The number of anilines is 1. The summed E-state index contributed by atoms with van der Waals surface area (Å²) >= 11 is 1.32. The summed E-state index contributed by atoms with van der Waals surface area (Å²) in [6, 6.07) is 0. The first-order valence-electron chi connectivity index (χ1n) is 4.84. The second-order valence-electron chi connectivity index (χ2n) is 3.53. The third kappa shape index (κ3) is 2.62. The molecule has 1 N–H and O–H groups in total. The Morgan fingerprint density at radius 3 is 2.92 bits per heavy atom. The number of hydrogen-bond acceptors (Lipinski definition) is 5. The van der Waals surface area contributed by atoms with E-state index in [4.69, 9.17) is 0 Å². The Balaban J connectivity index is 1.63. The van der Waals surface area contributed by atoms with Gasteiger partial charge in [0.25, 0.3) is 0 Å². The van der Waals surface area contributed by atoms with E-state index in [-0.39, 0.29) is 0 Å². The summed E-state index contributed by atoms with van der Waals surface area (Å²) in [5.41, 5.74) is 0. The van der Waals surface area contributed by atoms with Gasteiger partial charge < -0.3 is 5.32 Å². The van der Waals surface area contributed by atoms with Crippen LogP contribution in [0.1, 0.15) is 32.1 Å². The maximum atomic E-state index is 3.83. The van der Waals surface area contributed by atoms with Crippen LogP contribution in [0.15, 0.2) is 0 Å². The Hall–Kier alpha value is -0.710. The Morgan fingerprint density at radius 1 is 1.38 bits per heavy atom. The largest absolute Gasteiger partial charge is 0.359 e. The lowest BCUT2D eigenvalue weighted by Gasteiger charge is -2.07. The molecule has 1 aliphatic carbocycles. The van der Waals surface area contributed by atoms with Crippen molar-refractivity contribution in [3.05, 3.63) is 0 Å². The fourth-order valence-electron chi connectivity index (χ4n) is 1.88. The molecule has 0 amide bonds. The molecule has 1 aromatic rings. The summed E-state index contributed by atoms with van der Waals surface area (Å²) in [4.78, 5) is 0. The van der Waals surface area contributed by atoms with Gasteiger partial charge in [-0.1, -0.05) is 35.3 Å². The summed E-state index contributed by atoms with van der Waals surface area (Å²) in [5.74, 6) is 0.938. The maximum Gasteiger partial charge on any atom is 0.225 e. The third-order valence-corrected chi connectivity index (χ3v) is 3.16. The van der Waals surface area contributed by atoms with Gasteiger partial charge in [-0.2, -0.15) is 0 Å². The molecule has 0 bridgehead atoms. The first kappa shape index (κ1) is 8.87. The number of hydrogen-bond donors (Lipinski definition) is 1. The molecule has 5 heteroatoms. The van der Waals surface area contributed by atoms with Gasteiger partial charge in [-0.15, -0.1) is 0 Å². The first-order chi connectivity index (χ1) is 6.45. The van der Waals surface area contributed by atoms with E-state index >= 15 is 0 Å². The summed E-state index contributed by atoms with van der Waals surface area (Å²) < 4.78 is 3.69. The van der Waals surface area contributed by atoms with Crippen molar-refractivity contribution in [2.45, 2.75) is 32.1 Å². The quantitative estimate of drug-likeness (QED) is 0.803. The van der Waals surface area contributed by atoms with Crippen molar-refractivity contribution in [3.63, 3.8) is 0 Å². The number of rotatable bonds is 4. The number of aromatic nitrogens is 3. The number of nitrogens with one attached hydrogen (secondary N) is 1. The first-order valence-corrected chi connectivity index (χ1v) is 5.61. The van der Waals surface area contributed by atoms with Crippen molar-refractivity contribution < 1.29 is 0 Å². The van der Waals surface area contributed by atoms with Crippen LogP contribution in [0.5, 0.6) is 0 Å². The van der Waals surface area contributed by atoms with Crippen LogP contribution in [-0.2, 0) is 0 Å². The van der Waals surface area contributed by atoms with E-state index in [2.05, 4.69) is 20.1 Å². The van der Waals surface area contributed by atoms with E-state index in [1.54, 1.807) is 0 Å². The van der Waals surface area contributed by atoms with Crippen LogP contribution in [-0.4, -0.2) is 21.3 Å². The van der Waals surface area contributed by atoms with Crippen LogP contribution in [0, 0.1) is 5.92 Å². The van der Waals surface area contributed by atoms with Crippen LogP contribution >= 0.6 is 11.5 Å². The molecule has 0 spiro atoms. The molecule has 0 aliphatic heterocycles. The molecule has 4 nitrogen and oxygen atoms in total. The normalized spacial score (nSPS) is 17.8. The van der Waals surface area contributed by atoms with Gasteiger partial charge in [-0.25, -0.2) is 0 Å². The van der Waals surface area contributed by atoms with Gasteiger partial charge >= 0.3 is 0 Å². The summed E-state index contributed by atoms with van der Waals surface area (Å²) in [7, 11) is 0. The zero-order valence-corrected chi connectivity index (χ0v) is 8.39. The van der Waals surface area contributed by atoms with Crippen LogP contribution in [0.3, 0.4) is 0 Å². The fraction of sp³-hybridized carbons (Fsp3) is 0.875. The Bertz CT molecular complexity index is 230. The molecule has 2 rings (SSSR count). The van der Waals surface area contributed by atoms with Crippen LogP contribution < -0.4 is 5.32 Å². The van der Waals surface area contributed by atoms with Gasteiger partial charge in [0, 0.05) is 18.1 Å². The van der Waals surface area contributed by atoms with E-state index in [1.165, 1.54) is 43.6 Å². The third-order valence-electron chi connectivity index (χ3n) is 2.60. The van der Waals surface area contributed by atoms with Crippen molar-refractivity contribution >= 4 is 16.7 Å². The standard InChI is InChI=1S/C8H14N4S/c1-2-4-7(3-1)5-6-9-8-10-11-12-13-8/h7H,1-6H2,(H,9,10,12). The molecule has 1 aliphatic rings. The molecule has 13 heavy (non-hydrogen) atoms. The van der Waals surface area contributed by atoms with Crippen LogP contribution in [0.25, 0.3) is 0 Å². The van der Waals surface area contributed by atoms with Gasteiger partial charge in [-0.3, -0.25) is 0 Å². The maximum absolute atomic E-state index is 3.83. The Labute approximate surface area is 81.9 Å². The topological polar surface area (TPSA) is 50.7 Å². The second-order valence-corrected chi connectivity index (χ2v) is 4.27.